The summed E-state index contributed by atoms with van der Waals surface area (Å²) in [5, 5.41) is 8.52. The second-order valence-electron chi connectivity index (χ2n) is 3.30. The van der Waals surface area contributed by atoms with Crippen LogP contribution in [-0.4, -0.2) is 38.0 Å². The smallest absolute Gasteiger partial charge is 0.261 e. The summed E-state index contributed by atoms with van der Waals surface area (Å²) < 4.78 is 33.4. The number of aliphatic hydroxyl groups is 1. The molecule has 0 saturated carbocycles. The molecule has 0 saturated heterocycles. The lowest BCUT2D eigenvalue weighted by Crippen LogP contribution is -2.11. The molecule has 0 heterocycles. The average Bonchev–Trinajstić information content (AvgIpc) is 2.37. The van der Waals surface area contributed by atoms with Gasteiger partial charge in [0.25, 0.3) is 6.43 Å². The van der Waals surface area contributed by atoms with Crippen molar-refractivity contribution in [3.63, 3.8) is 0 Å². The van der Waals surface area contributed by atoms with Crippen molar-refractivity contribution in [1.29, 1.82) is 0 Å². The Hall–Kier alpha value is -1.64. The van der Waals surface area contributed by atoms with E-state index >= 15 is 0 Å². The van der Waals surface area contributed by atoms with Crippen molar-refractivity contribution in [2.24, 2.45) is 0 Å². The van der Waals surface area contributed by atoms with Crippen LogP contribution in [0.5, 0.6) is 5.75 Å². The minimum absolute atomic E-state index is 0.121. The van der Waals surface area contributed by atoms with Crippen LogP contribution >= 0.6 is 0 Å². The number of aliphatic hydroxyl groups excluding tert-OH is 1. The summed E-state index contributed by atoms with van der Waals surface area (Å²) in [5.74, 6) is 5.89. The van der Waals surface area contributed by atoms with Crippen LogP contribution < -0.4 is 4.74 Å². The van der Waals surface area contributed by atoms with Gasteiger partial charge in [0, 0.05) is 5.56 Å². The highest BCUT2D eigenvalue weighted by Crippen LogP contribution is 2.11. The van der Waals surface area contributed by atoms with E-state index in [9.17, 15) is 8.78 Å². The van der Waals surface area contributed by atoms with Crippen LogP contribution in [0.2, 0.25) is 0 Å². The summed E-state index contributed by atoms with van der Waals surface area (Å²) in [6, 6.07) is 6.93. The Labute approximate surface area is 104 Å². The van der Waals surface area contributed by atoms with E-state index in [1.807, 2.05) is 0 Å². The quantitative estimate of drug-likeness (QED) is 0.622. The Bertz CT molecular complexity index is 393. The molecule has 1 aromatic rings. The first-order chi connectivity index (χ1) is 8.72. The first-order valence-electron chi connectivity index (χ1n) is 5.41. The van der Waals surface area contributed by atoms with Gasteiger partial charge >= 0.3 is 0 Å². The third kappa shape index (κ3) is 6.18. The molecule has 0 radical (unpaired) electrons. The maximum atomic E-state index is 11.7. The van der Waals surface area contributed by atoms with Gasteiger partial charge in [0.1, 0.15) is 25.6 Å². The molecule has 3 nitrogen and oxygen atoms in total. The zero-order chi connectivity index (χ0) is 13.2. The zero-order valence-corrected chi connectivity index (χ0v) is 9.73. The molecule has 0 bridgehead atoms. The van der Waals surface area contributed by atoms with Crippen LogP contribution in [0.3, 0.4) is 0 Å². The fourth-order valence-corrected chi connectivity index (χ4v) is 1.17. The van der Waals surface area contributed by atoms with E-state index < -0.39 is 13.0 Å². The molecule has 0 aromatic heterocycles. The molecule has 1 N–H and O–H groups in total. The first-order valence-corrected chi connectivity index (χ1v) is 5.41. The van der Waals surface area contributed by atoms with E-state index in [2.05, 4.69) is 16.6 Å². The van der Waals surface area contributed by atoms with Crippen LogP contribution in [-0.2, 0) is 4.74 Å². The zero-order valence-electron chi connectivity index (χ0n) is 9.73. The molecule has 1 rings (SSSR count). The summed E-state index contributed by atoms with van der Waals surface area (Å²) in [6.07, 6.45) is -2.45. The molecule has 0 atom stereocenters. The highest BCUT2D eigenvalue weighted by Gasteiger charge is 2.01. The SMILES string of the molecule is OCC#Cc1ccc(OCCOCC(F)F)cc1. The molecular formula is C13H14F2O3. The van der Waals surface area contributed by atoms with Crippen molar-refractivity contribution in [3.05, 3.63) is 29.8 Å². The largest absolute Gasteiger partial charge is 0.491 e. The number of alkyl halides is 2. The second-order valence-corrected chi connectivity index (χ2v) is 3.30. The van der Waals surface area contributed by atoms with Gasteiger partial charge < -0.3 is 14.6 Å². The lowest BCUT2D eigenvalue weighted by atomic mass is 10.2. The topological polar surface area (TPSA) is 38.7 Å². The summed E-state index contributed by atoms with van der Waals surface area (Å²) in [6.45, 7) is -0.413. The van der Waals surface area contributed by atoms with Crippen LogP contribution in [0, 0.1) is 11.8 Å². The minimum atomic E-state index is -2.45. The van der Waals surface area contributed by atoms with Crippen LogP contribution in [0.15, 0.2) is 24.3 Å². The number of benzene rings is 1. The van der Waals surface area contributed by atoms with Crippen molar-refractivity contribution < 1.29 is 23.4 Å². The molecular weight excluding hydrogens is 242 g/mol. The van der Waals surface area contributed by atoms with E-state index in [-0.39, 0.29) is 19.8 Å². The van der Waals surface area contributed by atoms with Gasteiger partial charge in [-0.2, -0.15) is 0 Å². The van der Waals surface area contributed by atoms with Gasteiger partial charge in [-0.25, -0.2) is 8.78 Å². The fourth-order valence-electron chi connectivity index (χ4n) is 1.17. The van der Waals surface area contributed by atoms with E-state index in [1.165, 1.54) is 0 Å². The van der Waals surface area contributed by atoms with Crippen molar-refractivity contribution >= 4 is 0 Å². The van der Waals surface area contributed by atoms with E-state index in [0.29, 0.717) is 5.75 Å². The Morgan fingerprint density at radius 2 is 1.89 bits per heavy atom. The first kappa shape index (κ1) is 14.4. The Morgan fingerprint density at radius 1 is 1.17 bits per heavy atom. The summed E-state index contributed by atoms with van der Waals surface area (Å²) >= 11 is 0. The van der Waals surface area contributed by atoms with Crippen molar-refractivity contribution in [1.82, 2.24) is 0 Å². The Morgan fingerprint density at radius 3 is 2.50 bits per heavy atom. The maximum Gasteiger partial charge on any atom is 0.261 e. The third-order valence-corrected chi connectivity index (χ3v) is 1.91. The molecule has 1 aromatic carbocycles. The van der Waals surface area contributed by atoms with Crippen molar-refractivity contribution in [2.45, 2.75) is 6.43 Å². The molecule has 0 aliphatic rings. The molecule has 0 unspecified atom stereocenters. The van der Waals surface area contributed by atoms with Crippen LogP contribution in [0.4, 0.5) is 8.78 Å². The average molecular weight is 256 g/mol. The molecule has 18 heavy (non-hydrogen) atoms. The fraction of sp³-hybridized carbons (Fsp3) is 0.385. The molecule has 5 heteroatoms. The highest BCUT2D eigenvalue weighted by atomic mass is 19.3. The standard InChI is InChI=1S/C13H14F2O3/c14-13(15)10-17-8-9-18-12-5-3-11(4-6-12)2-1-7-16/h3-6,13,16H,7-10H2. The summed E-state index contributed by atoms with van der Waals surface area (Å²) in [7, 11) is 0. The predicted octanol–water partition coefficient (Wildman–Crippen LogP) is 1.69. The number of hydrogen-bond acceptors (Lipinski definition) is 3. The summed E-state index contributed by atoms with van der Waals surface area (Å²) in [4.78, 5) is 0. The van der Waals surface area contributed by atoms with E-state index in [1.54, 1.807) is 24.3 Å². The van der Waals surface area contributed by atoms with E-state index in [0.717, 1.165) is 5.56 Å². The maximum absolute atomic E-state index is 11.7. The number of rotatable bonds is 6. The minimum Gasteiger partial charge on any atom is -0.491 e. The molecule has 0 spiro atoms. The summed E-state index contributed by atoms with van der Waals surface area (Å²) in [5.41, 5.74) is 0.769. The molecule has 98 valence electrons. The van der Waals surface area contributed by atoms with Gasteiger partial charge in [-0.3, -0.25) is 0 Å². The highest BCUT2D eigenvalue weighted by molar-refractivity contribution is 5.38. The van der Waals surface area contributed by atoms with Gasteiger partial charge in [0.2, 0.25) is 0 Å². The van der Waals surface area contributed by atoms with Gasteiger partial charge in [-0.15, -0.1) is 0 Å². The second kappa shape index (κ2) is 8.45. The van der Waals surface area contributed by atoms with Gasteiger partial charge in [0.05, 0.1) is 6.61 Å². The normalized spacial score (nSPS) is 10.0. The third-order valence-electron chi connectivity index (χ3n) is 1.91. The van der Waals surface area contributed by atoms with Gasteiger partial charge in [-0.1, -0.05) is 11.8 Å². The lowest BCUT2D eigenvalue weighted by Gasteiger charge is -2.06. The van der Waals surface area contributed by atoms with Crippen molar-refractivity contribution in [2.75, 3.05) is 26.4 Å². The van der Waals surface area contributed by atoms with Crippen LogP contribution in [0.1, 0.15) is 5.56 Å². The molecule has 0 amide bonds. The number of ether oxygens (including phenoxy) is 2. The van der Waals surface area contributed by atoms with E-state index in [4.69, 9.17) is 9.84 Å². The Kier molecular flexibility index (Phi) is 6.77. The van der Waals surface area contributed by atoms with Crippen molar-refractivity contribution in [3.8, 4) is 17.6 Å². The number of hydrogen-bond donors (Lipinski definition) is 1. The molecule has 0 fully saturated rings. The molecule has 0 aliphatic heterocycles. The number of halogens is 2. The lowest BCUT2D eigenvalue weighted by molar-refractivity contribution is 0.00763. The van der Waals surface area contributed by atoms with Crippen LogP contribution in [0.25, 0.3) is 0 Å². The van der Waals surface area contributed by atoms with Gasteiger partial charge in [0.15, 0.2) is 0 Å². The molecule has 0 aliphatic carbocycles. The van der Waals surface area contributed by atoms with Gasteiger partial charge in [-0.05, 0) is 24.3 Å². The predicted molar refractivity (Wildman–Crippen MR) is 62.7 cm³/mol. The Balaban J connectivity index is 2.27. The monoisotopic (exact) mass is 256 g/mol.